The van der Waals surface area contributed by atoms with E-state index in [9.17, 15) is 14.4 Å². The lowest BCUT2D eigenvalue weighted by atomic mass is 9.86. The highest BCUT2D eigenvalue weighted by molar-refractivity contribution is 5.83. The molecule has 2 N–H and O–H groups in total. The van der Waals surface area contributed by atoms with Gasteiger partial charge in [-0.15, -0.1) is 0 Å². The molecule has 8 heteroatoms. The van der Waals surface area contributed by atoms with Crippen molar-refractivity contribution < 1.29 is 14.4 Å². The Bertz CT molecular complexity index is 579. The molecule has 4 amide bonds. The molecule has 0 aromatic heterocycles. The van der Waals surface area contributed by atoms with Crippen LogP contribution in [-0.2, 0) is 9.59 Å². The molecule has 0 bridgehead atoms. The van der Waals surface area contributed by atoms with Crippen molar-refractivity contribution in [1.82, 2.24) is 19.6 Å². The van der Waals surface area contributed by atoms with Crippen LogP contribution < -0.4 is 5.73 Å². The van der Waals surface area contributed by atoms with Crippen LogP contribution in [0.4, 0.5) is 4.79 Å². The van der Waals surface area contributed by atoms with Gasteiger partial charge >= 0.3 is 6.03 Å². The van der Waals surface area contributed by atoms with Gasteiger partial charge in [0.25, 0.3) is 0 Å². The Balaban J connectivity index is 1.65. The quantitative estimate of drug-likeness (QED) is 0.755. The Kier molecular flexibility index (Phi) is 5.41. The van der Waals surface area contributed by atoms with Gasteiger partial charge in [-0.1, -0.05) is 0 Å². The Labute approximate surface area is 155 Å². The minimum Gasteiger partial charge on any atom is -0.351 e. The van der Waals surface area contributed by atoms with Crippen molar-refractivity contribution in [3.63, 3.8) is 0 Å². The molecule has 0 unspecified atom stereocenters. The molecule has 8 nitrogen and oxygen atoms in total. The third-order valence-corrected chi connectivity index (χ3v) is 6.28. The number of likely N-dealkylation sites (tertiary alicyclic amines) is 1. The number of likely N-dealkylation sites (N-methyl/N-ethyl adjacent to an activating group) is 2. The van der Waals surface area contributed by atoms with Crippen LogP contribution in [0.1, 0.15) is 32.1 Å². The standard InChI is InChI=1S/C18H31N5O3/c1-20(17(19)26)12-16(25)23-10-9-21(2)18(13-23)6-5-15(24)22(8-7-18)11-14-3-4-14/h14H,3-13H2,1-2H3,(H2,19,26)/t18-/m0/s1. The van der Waals surface area contributed by atoms with Gasteiger partial charge in [-0.05, 0) is 38.6 Å². The molecule has 2 aliphatic heterocycles. The van der Waals surface area contributed by atoms with Crippen LogP contribution in [0.5, 0.6) is 0 Å². The molecule has 1 atom stereocenters. The first-order chi connectivity index (χ1) is 12.3. The monoisotopic (exact) mass is 365 g/mol. The summed E-state index contributed by atoms with van der Waals surface area (Å²) in [6, 6.07) is -0.599. The summed E-state index contributed by atoms with van der Waals surface area (Å²) in [6.45, 7) is 3.70. The molecule has 3 aliphatic rings. The molecule has 1 spiro atoms. The molecule has 0 aromatic rings. The van der Waals surface area contributed by atoms with E-state index in [-0.39, 0.29) is 23.9 Å². The second kappa shape index (κ2) is 7.42. The van der Waals surface area contributed by atoms with Gasteiger partial charge in [-0.3, -0.25) is 14.5 Å². The van der Waals surface area contributed by atoms with Crippen LogP contribution in [0.3, 0.4) is 0 Å². The fourth-order valence-electron chi connectivity index (χ4n) is 4.09. The number of carbonyl (C=O) groups is 3. The second-order valence-electron chi connectivity index (χ2n) is 8.19. The van der Waals surface area contributed by atoms with E-state index in [1.165, 1.54) is 24.8 Å². The van der Waals surface area contributed by atoms with Crippen molar-refractivity contribution in [3.05, 3.63) is 0 Å². The largest absolute Gasteiger partial charge is 0.351 e. The third kappa shape index (κ3) is 4.11. The first kappa shape index (κ1) is 18.9. The summed E-state index contributed by atoms with van der Waals surface area (Å²) < 4.78 is 0. The van der Waals surface area contributed by atoms with Crippen molar-refractivity contribution in [2.75, 3.05) is 53.4 Å². The molecule has 0 aromatic carbocycles. The van der Waals surface area contributed by atoms with Gasteiger partial charge in [0.05, 0.1) is 0 Å². The number of rotatable bonds is 4. The summed E-state index contributed by atoms with van der Waals surface area (Å²) in [5.41, 5.74) is 5.07. The number of hydrogen-bond acceptors (Lipinski definition) is 4. The lowest BCUT2D eigenvalue weighted by Crippen LogP contribution is -2.63. The van der Waals surface area contributed by atoms with E-state index in [0.29, 0.717) is 25.4 Å². The Morgan fingerprint density at radius 1 is 1.23 bits per heavy atom. The van der Waals surface area contributed by atoms with Crippen molar-refractivity contribution >= 4 is 17.8 Å². The van der Waals surface area contributed by atoms with Crippen LogP contribution in [0.15, 0.2) is 0 Å². The normalized spacial score (nSPS) is 27.5. The first-order valence-electron chi connectivity index (χ1n) is 9.58. The zero-order valence-corrected chi connectivity index (χ0v) is 15.9. The molecular weight excluding hydrogens is 334 g/mol. The van der Waals surface area contributed by atoms with Gasteiger partial charge < -0.3 is 20.4 Å². The molecule has 2 heterocycles. The van der Waals surface area contributed by atoms with Crippen LogP contribution in [0.2, 0.25) is 0 Å². The van der Waals surface area contributed by atoms with Crippen LogP contribution >= 0.6 is 0 Å². The van der Waals surface area contributed by atoms with Crippen molar-refractivity contribution in [3.8, 4) is 0 Å². The molecule has 146 valence electrons. The molecule has 3 rings (SSSR count). The van der Waals surface area contributed by atoms with E-state index in [2.05, 4.69) is 11.9 Å². The van der Waals surface area contributed by atoms with Crippen LogP contribution in [0, 0.1) is 5.92 Å². The maximum Gasteiger partial charge on any atom is 0.314 e. The maximum absolute atomic E-state index is 12.6. The highest BCUT2D eigenvalue weighted by Crippen LogP contribution is 2.35. The van der Waals surface area contributed by atoms with Crippen LogP contribution in [0.25, 0.3) is 0 Å². The van der Waals surface area contributed by atoms with Gasteiger partial charge in [0, 0.05) is 51.7 Å². The topological polar surface area (TPSA) is 90.2 Å². The minimum absolute atomic E-state index is 0.00185. The smallest absolute Gasteiger partial charge is 0.314 e. The SMILES string of the molecule is CN(CC(=O)N1CCN(C)[C@]2(CCC(=O)N(CC3CC3)CC2)C1)C(N)=O. The van der Waals surface area contributed by atoms with Crippen LogP contribution in [-0.4, -0.2) is 96.3 Å². The highest BCUT2D eigenvalue weighted by Gasteiger charge is 2.44. The van der Waals surface area contributed by atoms with Gasteiger partial charge in [-0.25, -0.2) is 4.79 Å². The zero-order chi connectivity index (χ0) is 18.9. The number of carbonyl (C=O) groups excluding carboxylic acids is 3. The number of hydrogen-bond donors (Lipinski definition) is 1. The summed E-state index contributed by atoms with van der Waals surface area (Å²) in [6.07, 6.45) is 4.69. The number of piperazine rings is 1. The number of primary amides is 1. The van der Waals surface area contributed by atoms with E-state index in [0.717, 1.165) is 32.5 Å². The zero-order valence-electron chi connectivity index (χ0n) is 15.9. The van der Waals surface area contributed by atoms with Crippen molar-refractivity contribution in [1.29, 1.82) is 0 Å². The van der Waals surface area contributed by atoms with Gasteiger partial charge in [0.2, 0.25) is 11.8 Å². The third-order valence-electron chi connectivity index (χ3n) is 6.28. The Morgan fingerprint density at radius 2 is 1.96 bits per heavy atom. The fourth-order valence-corrected chi connectivity index (χ4v) is 4.09. The van der Waals surface area contributed by atoms with Crippen molar-refractivity contribution in [2.45, 2.75) is 37.6 Å². The molecule has 0 radical (unpaired) electrons. The number of urea groups is 1. The maximum atomic E-state index is 12.6. The average Bonchev–Trinajstić information content (AvgIpc) is 3.42. The highest BCUT2D eigenvalue weighted by atomic mass is 16.2. The van der Waals surface area contributed by atoms with Gasteiger partial charge in [0.1, 0.15) is 6.54 Å². The lowest BCUT2D eigenvalue weighted by Gasteiger charge is -2.49. The van der Waals surface area contributed by atoms with E-state index >= 15 is 0 Å². The summed E-state index contributed by atoms with van der Waals surface area (Å²) in [7, 11) is 3.63. The summed E-state index contributed by atoms with van der Waals surface area (Å²) >= 11 is 0. The second-order valence-corrected chi connectivity index (χ2v) is 8.19. The molecule has 26 heavy (non-hydrogen) atoms. The summed E-state index contributed by atoms with van der Waals surface area (Å²) in [5, 5.41) is 0. The summed E-state index contributed by atoms with van der Waals surface area (Å²) in [5.74, 6) is 0.864. The van der Waals surface area contributed by atoms with E-state index < -0.39 is 6.03 Å². The molecule has 2 saturated heterocycles. The molecule has 1 saturated carbocycles. The van der Waals surface area contributed by atoms with E-state index in [4.69, 9.17) is 5.73 Å². The predicted octanol–water partition coefficient (Wildman–Crippen LogP) is -0.0678. The molecule has 3 fully saturated rings. The number of nitrogens with zero attached hydrogens (tertiary/aromatic N) is 4. The molecule has 1 aliphatic carbocycles. The van der Waals surface area contributed by atoms with Crippen molar-refractivity contribution in [2.24, 2.45) is 11.7 Å². The molecular formula is C18H31N5O3. The first-order valence-corrected chi connectivity index (χ1v) is 9.58. The average molecular weight is 365 g/mol. The fraction of sp³-hybridized carbons (Fsp3) is 0.833. The predicted molar refractivity (Wildman–Crippen MR) is 97.3 cm³/mol. The van der Waals surface area contributed by atoms with E-state index in [1.807, 2.05) is 9.80 Å². The minimum atomic E-state index is -0.599. The summed E-state index contributed by atoms with van der Waals surface area (Å²) in [4.78, 5) is 43.7. The van der Waals surface area contributed by atoms with Gasteiger partial charge in [0.15, 0.2) is 0 Å². The van der Waals surface area contributed by atoms with Gasteiger partial charge in [-0.2, -0.15) is 0 Å². The Morgan fingerprint density at radius 3 is 2.62 bits per heavy atom. The number of amides is 4. The Hall–Kier alpha value is -1.83. The lowest BCUT2D eigenvalue weighted by molar-refractivity contribution is -0.137. The van der Waals surface area contributed by atoms with E-state index in [1.54, 1.807) is 0 Å². The number of nitrogens with two attached hydrogens (primary N) is 1.